The van der Waals surface area contributed by atoms with E-state index in [1.54, 1.807) is 4.90 Å². The molecule has 1 aromatic carbocycles. The van der Waals surface area contributed by atoms with Crippen LogP contribution < -0.4 is 16.3 Å². The number of anilines is 2. The van der Waals surface area contributed by atoms with Crippen molar-refractivity contribution < 1.29 is 13.6 Å². The van der Waals surface area contributed by atoms with Crippen LogP contribution in [0.25, 0.3) is 28.0 Å². The van der Waals surface area contributed by atoms with Crippen molar-refractivity contribution in [3.05, 3.63) is 76.8 Å². The fraction of sp³-hybridized carbons (Fsp3) is 0.375. The molecule has 0 bridgehead atoms. The number of hydrogen-bond acceptors (Lipinski definition) is 8. The van der Waals surface area contributed by atoms with Crippen LogP contribution in [0.1, 0.15) is 62.8 Å². The van der Waals surface area contributed by atoms with Gasteiger partial charge in [-0.25, -0.2) is 33.1 Å². The molecule has 10 nitrogen and oxygen atoms in total. The quantitative estimate of drug-likeness (QED) is 0.255. The van der Waals surface area contributed by atoms with E-state index in [4.69, 9.17) is 5.73 Å². The highest BCUT2D eigenvalue weighted by molar-refractivity contribution is 5.92. The number of aromatic nitrogens is 5. The maximum absolute atomic E-state index is 16.0. The van der Waals surface area contributed by atoms with Gasteiger partial charge in [-0.15, -0.1) is 0 Å². The summed E-state index contributed by atoms with van der Waals surface area (Å²) in [5.74, 6) is -1.18. The van der Waals surface area contributed by atoms with Gasteiger partial charge in [0.15, 0.2) is 11.5 Å². The molecule has 1 saturated heterocycles. The Kier molecular flexibility index (Phi) is 6.67. The standard InChI is InChI=1S/C32H32F2N8O2/c1-4-24(43)41-16(2)13-40(14-17(41)3)30-20-12-22(34)28(25-21(33)6-5-7-23(25)35)38-31(20)42(32(44)39-30)29-26(18-8-9-18)36-15-37-27(29)19-10-11-19/h4-7,12,15-19H,1,8-11,13-14,35H2,2-3H3/t16-,17+. The molecular formula is C32H32F2N8O2. The van der Waals surface area contributed by atoms with Crippen molar-refractivity contribution >= 4 is 28.4 Å². The summed E-state index contributed by atoms with van der Waals surface area (Å²) in [6.45, 7) is 8.10. The van der Waals surface area contributed by atoms with Gasteiger partial charge in [-0.05, 0) is 63.8 Å². The Morgan fingerprint density at radius 1 is 1.00 bits per heavy atom. The lowest BCUT2D eigenvalue weighted by Gasteiger charge is -2.44. The third-order valence-electron chi connectivity index (χ3n) is 8.76. The fourth-order valence-electron chi connectivity index (χ4n) is 6.50. The molecule has 44 heavy (non-hydrogen) atoms. The molecule has 2 N–H and O–H groups in total. The van der Waals surface area contributed by atoms with Crippen LogP contribution in [0, 0.1) is 11.6 Å². The van der Waals surface area contributed by atoms with Crippen molar-refractivity contribution in [2.24, 2.45) is 0 Å². The highest BCUT2D eigenvalue weighted by atomic mass is 19.1. The van der Waals surface area contributed by atoms with Crippen molar-refractivity contribution in [2.75, 3.05) is 23.7 Å². The zero-order chi connectivity index (χ0) is 30.9. The Morgan fingerprint density at radius 2 is 1.64 bits per heavy atom. The first-order chi connectivity index (χ1) is 21.2. The van der Waals surface area contributed by atoms with Crippen molar-refractivity contribution in [2.45, 2.75) is 63.5 Å². The highest BCUT2D eigenvalue weighted by Crippen LogP contribution is 2.47. The van der Waals surface area contributed by atoms with E-state index in [9.17, 15) is 9.59 Å². The van der Waals surface area contributed by atoms with Crippen LogP contribution in [-0.4, -0.2) is 60.5 Å². The summed E-state index contributed by atoms with van der Waals surface area (Å²) in [5.41, 5.74) is 7.14. The van der Waals surface area contributed by atoms with Gasteiger partial charge in [0.25, 0.3) is 0 Å². The van der Waals surface area contributed by atoms with Crippen LogP contribution in [0.5, 0.6) is 0 Å². The van der Waals surface area contributed by atoms with Crippen LogP contribution in [0.15, 0.2) is 48.0 Å². The minimum absolute atomic E-state index is 0.0185. The molecule has 0 radical (unpaired) electrons. The topological polar surface area (TPSA) is 123 Å². The van der Waals surface area contributed by atoms with E-state index < -0.39 is 17.3 Å². The number of pyridine rings is 1. The summed E-state index contributed by atoms with van der Waals surface area (Å²) in [6.07, 6.45) is 6.52. The second kappa shape index (κ2) is 10.5. The molecule has 12 heteroatoms. The van der Waals surface area contributed by atoms with E-state index in [1.165, 1.54) is 41.2 Å². The maximum Gasteiger partial charge on any atom is 0.355 e. The number of piperazine rings is 1. The van der Waals surface area contributed by atoms with Crippen molar-refractivity contribution in [1.29, 1.82) is 0 Å². The molecule has 0 unspecified atom stereocenters. The average molecular weight is 599 g/mol. The van der Waals surface area contributed by atoms with E-state index in [0.717, 1.165) is 37.1 Å². The largest absolute Gasteiger partial charge is 0.398 e. The average Bonchev–Trinajstić information content (AvgIpc) is 3.91. The molecule has 4 heterocycles. The summed E-state index contributed by atoms with van der Waals surface area (Å²) >= 11 is 0. The van der Waals surface area contributed by atoms with Gasteiger partial charge in [0.2, 0.25) is 5.91 Å². The third kappa shape index (κ3) is 4.59. The summed E-state index contributed by atoms with van der Waals surface area (Å²) < 4.78 is 32.5. The molecule has 7 rings (SSSR count). The maximum atomic E-state index is 16.0. The summed E-state index contributed by atoms with van der Waals surface area (Å²) in [7, 11) is 0. The number of fused-ring (bicyclic) bond motifs is 1. The Labute approximate surface area is 252 Å². The first kappa shape index (κ1) is 28.1. The lowest BCUT2D eigenvalue weighted by atomic mass is 10.1. The van der Waals surface area contributed by atoms with E-state index in [-0.39, 0.29) is 63.6 Å². The van der Waals surface area contributed by atoms with E-state index in [1.807, 2.05) is 18.7 Å². The normalized spacial score (nSPS) is 20.3. The van der Waals surface area contributed by atoms with E-state index >= 15 is 8.78 Å². The van der Waals surface area contributed by atoms with Gasteiger partial charge >= 0.3 is 5.69 Å². The van der Waals surface area contributed by atoms with Crippen molar-refractivity contribution in [1.82, 2.24) is 29.4 Å². The fourth-order valence-corrected chi connectivity index (χ4v) is 6.50. The number of hydrogen-bond donors (Lipinski definition) is 1. The lowest BCUT2D eigenvalue weighted by Crippen LogP contribution is -2.58. The molecule has 3 aromatic heterocycles. The smallest absolute Gasteiger partial charge is 0.355 e. The van der Waals surface area contributed by atoms with Crippen LogP contribution in [-0.2, 0) is 4.79 Å². The minimum Gasteiger partial charge on any atom is -0.398 e. The Hall–Kier alpha value is -4.74. The number of carbonyl (C=O) groups is 1. The summed E-state index contributed by atoms with van der Waals surface area (Å²) in [6, 6.07) is 4.86. The molecule has 0 spiro atoms. The zero-order valence-corrected chi connectivity index (χ0v) is 24.5. The Morgan fingerprint density at radius 3 is 2.20 bits per heavy atom. The molecule has 2 saturated carbocycles. The first-order valence-corrected chi connectivity index (χ1v) is 14.9. The van der Waals surface area contributed by atoms with Crippen LogP contribution in [0.2, 0.25) is 0 Å². The number of benzene rings is 1. The molecule has 4 aromatic rings. The van der Waals surface area contributed by atoms with Gasteiger partial charge in [-0.3, -0.25) is 4.79 Å². The summed E-state index contributed by atoms with van der Waals surface area (Å²) in [4.78, 5) is 48.7. The van der Waals surface area contributed by atoms with Crippen molar-refractivity contribution in [3.8, 4) is 16.9 Å². The lowest BCUT2D eigenvalue weighted by molar-refractivity contribution is -0.130. The molecule has 2 atom stereocenters. The van der Waals surface area contributed by atoms with Gasteiger partial charge in [-0.1, -0.05) is 12.6 Å². The van der Waals surface area contributed by atoms with E-state index in [0.29, 0.717) is 18.8 Å². The second-order valence-electron chi connectivity index (χ2n) is 12.0. The minimum atomic E-state index is -0.807. The molecular weight excluding hydrogens is 566 g/mol. The number of rotatable bonds is 6. The van der Waals surface area contributed by atoms with Gasteiger partial charge in [0.05, 0.1) is 28.0 Å². The number of amides is 1. The molecule has 226 valence electrons. The number of nitrogen functional groups attached to an aromatic ring is 1. The highest BCUT2D eigenvalue weighted by Gasteiger charge is 2.38. The van der Waals surface area contributed by atoms with Gasteiger partial charge in [0.1, 0.15) is 23.7 Å². The second-order valence-corrected chi connectivity index (χ2v) is 12.0. The molecule has 3 aliphatic rings. The Bertz CT molecular complexity index is 1840. The predicted molar refractivity (Wildman–Crippen MR) is 163 cm³/mol. The summed E-state index contributed by atoms with van der Waals surface area (Å²) in [5, 5.41) is 0.274. The molecule has 1 aliphatic heterocycles. The van der Waals surface area contributed by atoms with E-state index in [2.05, 4.69) is 26.5 Å². The number of halogens is 2. The molecule has 3 fully saturated rings. The van der Waals surface area contributed by atoms with Gasteiger partial charge in [-0.2, -0.15) is 4.98 Å². The van der Waals surface area contributed by atoms with Crippen LogP contribution in [0.3, 0.4) is 0 Å². The SMILES string of the molecule is C=CC(=O)N1[C@H](C)CN(c2nc(=O)n(-c3c(C4CC4)ncnc3C3CC3)c3nc(-c4c(N)cccc4F)c(F)cc23)C[C@@H]1C. The number of nitrogens with two attached hydrogens (primary N) is 1. The molecule has 2 aliphatic carbocycles. The third-order valence-corrected chi connectivity index (χ3v) is 8.76. The van der Waals surface area contributed by atoms with Crippen molar-refractivity contribution in [3.63, 3.8) is 0 Å². The first-order valence-electron chi connectivity index (χ1n) is 14.9. The van der Waals surface area contributed by atoms with Gasteiger partial charge in [0, 0.05) is 42.7 Å². The Balaban J connectivity index is 1.50. The molecule has 1 amide bonds. The van der Waals surface area contributed by atoms with Gasteiger partial charge < -0.3 is 15.5 Å². The van der Waals surface area contributed by atoms with Crippen LogP contribution >= 0.6 is 0 Å². The zero-order valence-electron chi connectivity index (χ0n) is 24.5. The monoisotopic (exact) mass is 598 g/mol. The number of carbonyl (C=O) groups excluding carboxylic acids is 1. The predicted octanol–water partition coefficient (Wildman–Crippen LogP) is 4.46. The number of nitrogens with zero attached hydrogens (tertiary/aromatic N) is 7. The van der Waals surface area contributed by atoms with Crippen LogP contribution in [0.4, 0.5) is 20.3 Å².